The maximum absolute atomic E-state index is 2.90. The lowest BCUT2D eigenvalue weighted by Gasteiger charge is -1.74. The molecule has 0 unspecified atom stereocenters. The molecule has 1 heteroatoms. The van der Waals surface area contributed by atoms with Gasteiger partial charge >= 0.3 is 0 Å². The quantitative estimate of drug-likeness (QED) is 0.422. The van der Waals surface area contributed by atoms with Gasteiger partial charge in [-0.2, -0.15) is 0 Å². The Morgan fingerprint density at radius 2 is 2.20 bits per heavy atom. The summed E-state index contributed by atoms with van der Waals surface area (Å²) in [6.45, 7) is 0. The third-order valence-electron chi connectivity index (χ3n) is 0.498. The normalized spacial score (nSPS) is 17.0. The van der Waals surface area contributed by atoms with E-state index in [9.17, 15) is 0 Å². The van der Waals surface area contributed by atoms with Crippen LogP contribution in [0.4, 0.5) is 0 Å². The van der Waals surface area contributed by atoms with E-state index < -0.39 is 0 Å². The maximum atomic E-state index is 2.90. The predicted molar refractivity (Wildman–Crippen MR) is 25.1 cm³/mol. The molecule has 0 saturated heterocycles. The van der Waals surface area contributed by atoms with Crippen LogP contribution in [0.1, 0.15) is 0 Å². The van der Waals surface area contributed by atoms with Gasteiger partial charge in [-0.3, -0.25) is 0 Å². The third-order valence-corrected chi connectivity index (χ3v) is 1.20. The van der Waals surface area contributed by atoms with Gasteiger partial charge in [0, 0.05) is 0 Å². The Balaban J connectivity index is 2.08. The Hall–Kier alpha value is -0.0900. The van der Waals surface area contributed by atoms with Crippen molar-refractivity contribution in [3.63, 3.8) is 0 Å². The maximum Gasteiger partial charge on any atom is 0.126 e. The summed E-state index contributed by atoms with van der Waals surface area (Å²) in [6, 6.07) is 0. The van der Waals surface area contributed by atoms with E-state index in [2.05, 4.69) is 18.1 Å². The highest BCUT2D eigenvalue weighted by Gasteiger charge is 2.03. The summed E-state index contributed by atoms with van der Waals surface area (Å²) >= 11 is 1.77. The molecule has 0 fully saturated rings. The molecule has 1 rings (SSSR count). The fourth-order valence-corrected chi connectivity index (χ4v) is 0.456. The number of rotatable bonds is 1. The third kappa shape index (κ3) is 0.592. The first kappa shape index (κ1) is 3.11. The van der Waals surface area contributed by atoms with Crippen LogP contribution in [0.15, 0.2) is 0 Å². The average Bonchev–Trinajstić information content (AvgIpc) is 2.12. The van der Waals surface area contributed by atoms with Gasteiger partial charge in [-0.05, 0) is 6.26 Å². The highest BCUT2D eigenvalue weighted by atomic mass is 32.2. The summed E-state index contributed by atoms with van der Waals surface area (Å²) in [5.74, 6) is 5.79. The molecule has 0 spiro atoms. The molecule has 0 nitrogen and oxygen atoms in total. The lowest BCUT2D eigenvalue weighted by molar-refractivity contribution is 1.78. The van der Waals surface area contributed by atoms with E-state index in [1.165, 1.54) is 0 Å². The summed E-state index contributed by atoms with van der Waals surface area (Å²) < 4.78 is 0. The first-order chi connectivity index (χ1) is 2.43. The van der Waals surface area contributed by atoms with Crippen LogP contribution in [-0.4, -0.2) is 11.5 Å². The van der Waals surface area contributed by atoms with E-state index in [0.717, 1.165) is 0 Å². The molecular formula is C4H4S. The van der Waals surface area contributed by atoms with Crippen LogP contribution >= 0.6 is 11.8 Å². The topological polar surface area (TPSA) is 0 Å². The minimum absolute atomic E-state index is 0.551. The van der Waals surface area contributed by atoms with Gasteiger partial charge in [0.2, 0.25) is 0 Å². The Morgan fingerprint density at radius 3 is 2.20 bits per heavy atom. The van der Waals surface area contributed by atoms with Gasteiger partial charge in [0.15, 0.2) is 0 Å². The molecule has 1 aliphatic rings. The van der Waals surface area contributed by atoms with Crippen LogP contribution in [0.5, 0.6) is 0 Å². The summed E-state index contributed by atoms with van der Waals surface area (Å²) in [5, 5.41) is 0.551. The van der Waals surface area contributed by atoms with Crippen molar-refractivity contribution < 1.29 is 0 Å². The minimum Gasteiger partial charge on any atom is -0.136 e. The Morgan fingerprint density at radius 1 is 1.60 bits per heavy atom. The second kappa shape index (κ2) is 0.948. The second-order valence-electron chi connectivity index (χ2n) is 0.904. The van der Waals surface area contributed by atoms with Crippen LogP contribution in [0, 0.1) is 11.8 Å². The minimum atomic E-state index is 0.551. The monoisotopic (exact) mass is 84.0 g/mol. The highest BCUT2D eigenvalue weighted by molar-refractivity contribution is 8.00. The van der Waals surface area contributed by atoms with Crippen LogP contribution in [-0.2, 0) is 0 Å². The van der Waals surface area contributed by atoms with Crippen molar-refractivity contribution in [3.05, 3.63) is 0 Å². The van der Waals surface area contributed by atoms with Crippen molar-refractivity contribution in [2.24, 2.45) is 0 Å². The van der Waals surface area contributed by atoms with Gasteiger partial charge in [-0.15, -0.1) is 11.8 Å². The highest BCUT2D eigenvalue weighted by Crippen LogP contribution is 2.10. The van der Waals surface area contributed by atoms with Gasteiger partial charge in [0.25, 0.3) is 0 Å². The van der Waals surface area contributed by atoms with E-state index in [-0.39, 0.29) is 0 Å². The molecule has 26 valence electrons. The molecule has 0 radical (unpaired) electrons. The van der Waals surface area contributed by atoms with E-state index >= 15 is 0 Å². The van der Waals surface area contributed by atoms with E-state index in [4.69, 9.17) is 0 Å². The molecule has 0 atom stereocenters. The number of hydrogen-bond donors (Lipinski definition) is 0. The summed E-state index contributed by atoms with van der Waals surface area (Å²) in [4.78, 5) is 0. The Bertz CT molecular complexity index is 77.6. The second-order valence-corrected chi connectivity index (χ2v) is 1.85. The lowest BCUT2D eigenvalue weighted by atomic mass is 10.8. The molecule has 0 bridgehead atoms. The molecule has 0 amide bonds. The van der Waals surface area contributed by atoms with Gasteiger partial charge in [0.05, 0.1) is 0 Å². The molecule has 1 aliphatic carbocycles. The first-order valence-corrected chi connectivity index (χ1v) is 2.76. The molecule has 0 heterocycles. The van der Waals surface area contributed by atoms with Crippen molar-refractivity contribution in [3.8, 4) is 11.8 Å². The standard InChI is InChI=1S/C4H4S/c1-5-4-2-3-4/h4H,1H3. The van der Waals surface area contributed by atoms with Crippen LogP contribution in [0.2, 0.25) is 0 Å². The molecule has 0 aromatic heterocycles. The molecule has 0 saturated carbocycles. The molecule has 0 N–H and O–H groups in total. The lowest BCUT2D eigenvalue weighted by Crippen LogP contribution is -1.69. The van der Waals surface area contributed by atoms with Gasteiger partial charge in [-0.1, -0.05) is 11.8 Å². The Kier molecular flexibility index (Phi) is 0.590. The summed E-state index contributed by atoms with van der Waals surface area (Å²) in [5.41, 5.74) is 0. The zero-order chi connectivity index (χ0) is 3.70. The summed E-state index contributed by atoms with van der Waals surface area (Å²) in [6.07, 6.45) is 2.05. The van der Waals surface area contributed by atoms with Crippen molar-refractivity contribution in [1.82, 2.24) is 0 Å². The number of hydrogen-bond acceptors (Lipinski definition) is 1. The SMILES string of the molecule is CSC1C#C1. The zero-order valence-corrected chi connectivity index (χ0v) is 3.80. The van der Waals surface area contributed by atoms with Crippen LogP contribution in [0.25, 0.3) is 0 Å². The first-order valence-electron chi connectivity index (χ1n) is 1.47. The molecule has 5 heavy (non-hydrogen) atoms. The molecule has 0 aromatic rings. The largest absolute Gasteiger partial charge is 0.136 e. The van der Waals surface area contributed by atoms with Crippen molar-refractivity contribution in [1.29, 1.82) is 0 Å². The molecule has 0 aliphatic heterocycles. The number of thioether (sulfide) groups is 1. The smallest absolute Gasteiger partial charge is 0.126 e. The van der Waals surface area contributed by atoms with Crippen molar-refractivity contribution >= 4 is 11.8 Å². The predicted octanol–water partition coefficient (Wildman–Crippen LogP) is 0.735. The van der Waals surface area contributed by atoms with Crippen molar-refractivity contribution in [2.45, 2.75) is 5.25 Å². The van der Waals surface area contributed by atoms with Crippen molar-refractivity contribution in [2.75, 3.05) is 6.26 Å². The molecule has 0 aromatic carbocycles. The van der Waals surface area contributed by atoms with Gasteiger partial charge in [-0.25, -0.2) is 0 Å². The van der Waals surface area contributed by atoms with E-state index in [1.54, 1.807) is 11.8 Å². The summed E-state index contributed by atoms with van der Waals surface area (Å²) in [7, 11) is 0. The fraction of sp³-hybridized carbons (Fsp3) is 0.500. The average molecular weight is 84.1 g/mol. The van der Waals surface area contributed by atoms with Crippen LogP contribution < -0.4 is 0 Å². The molecular weight excluding hydrogens is 80.1 g/mol. The van der Waals surface area contributed by atoms with E-state index in [0.29, 0.717) is 5.25 Å². The van der Waals surface area contributed by atoms with Crippen LogP contribution in [0.3, 0.4) is 0 Å². The van der Waals surface area contributed by atoms with E-state index in [1.807, 2.05) is 0 Å². The zero-order valence-electron chi connectivity index (χ0n) is 2.99. The van der Waals surface area contributed by atoms with Gasteiger partial charge < -0.3 is 0 Å². The Labute approximate surface area is 36.0 Å². The van der Waals surface area contributed by atoms with Gasteiger partial charge in [0.1, 0.15) is 5.25 Å². The fourth-order valence-electron chi connectivity index (χ4n) is 0.152.